The number of hydrogen-bond donors (Lipinski definition) is 4. The first-order valence-electron chi connectivity index (χ1n) is 12.1. The van der Waals surface area contributed by atoms with Crippen LogP contribution in [0.4, 0.5) is 5.82 Å². The lowest BCUT2D eigenvalue weighted by molar-refractivity contribution is -0.127. The molecule has 9 heteroatoms. The fourth-order valence-electron chi connectivity index (χ4n) is 4.82. The van der Waals surface area contributed by atoms with E-state index in [1.807, 2.05) is 16.9 Å². The highest BCUT2D eigenvalue weighted by molar-refractivity contribution is 5.87. The molecule has 1 amide bonds. The highest BCUT2D eigenvalue weighted by Gasteiger charge is 2.27. The fraction of sp³-hybridized carbons (Fsp3) is 0.333. The van der Waals surface area contributed by atoms with Crippen LogP contribution in [0.15, 0.2) is 43.1 Å². The van der Waals surface area contributed by atoms with Crippen LogP contribution in [0, 0.1) is 0 Å². The van der Waals surface area contributed by atoms with E-state index in [0.717, 1.165) is 40.9 Å². The van der Waals surface area contributed by atoms with Crippen molar-refractivity contribution in [2.24, 2.45) is 5.73 Å². The quantitative estimate of drug-likeness (QED) is 0.339. The second kappa shape index (κ2) is 10.7. The van der Waals surface area contributed by atoms with Crippen molar-refractivity contribution in [1.29, 1.82) is 0 Å². The zero-order valence-electron chi connectivity index (χ0n) is 20.8. The van der Waals surface area contributed by atoms with Gasteiger partial charge in [-0.25, -0.2) is 0 Å². The lowest BCUT2D eigenvalue weighted by Gasteiger charge is -2.27. The van der Waals surface area contributed by atoms with Crippen LogP contribution in [0.1, 0.15) is 59.5 Å². The molecule has 0 saturated heterocycles. The number of nitrogens with zero attached hydrogens (tertiary/aromatic N) is 3. The van der Waals surface area contributed by atoms with Gasteiger partial charge in [0.15, 0.2) is 0 Å². The molecule has 1 aliphatic heterocycles. The Morgan fingerprint density at radius 3 is 2.83 bits per heavy atom. The van der Waals surface area contributed by atoms with Gasteiger partial charge in [-0.3, -0.25) is 9.48 Å². The Bertz CT molecular complexity index is 1290. The number of phenols is 1. The standard InChI is InChI=1S/C27H34N6O3/c1-4-8-24(36-3)26-19(14-20(28)18-9-6-7-10-23(18)34)27(29)31-21(26)13-17-15-30-33-12-11-32(16-22(17)33)25(35)5-2/h5-7,9-10,14-15,24,31,34H,2,4,8,11-13,16,28-29H2,1,3H3/b20-14-. The van der Waals surface area contributed by atoms with Gasteiger partial charge in [-0.05, 0) is 30.7 Å². The van der Waals surface area contributed by atoms with E-state index in [4.69, 9.17) is 16.2 Å². The van der Waals surface area contributed by atoms with Crippen LogP contribution in [0.25, 0.3) is 11.8 Å². The lowest BCUT2D eigenvalue weighted by Crippen LogP contribution is -2.37. The minimum absolute atomic E-state index is 0.0901. The lowest BCUT2D eigenvalue weighted by atomic mass is 9.96. The molecule has 1 aromatic carbocycles. The highest BCUT2D eigenvalue weighted by atomic mass is 16.5. The van der Waals surface area contributed by atoms with E-state index >= 15 is 0 Å². The van der Waals surface area contributed by atoms with Gasteiger partial charge in [-0.15, -0.1) is 0 Å². The van der Waals surface area contributed by atoms with Gasteiger partial charge in [0, 0.05) is 53.7 Å². The summed E-state index contributed by atoms with van der Waals surface area (Å²) in [4.78, 5) is 17.3. The number of amides is 1. The number of nitrogens with one attached hydrogen (secondary N) is 1. The Morgan fingerprint density at radius 1 is 1.36 bits per heavy atom. The summed E-state index contributed by atoms with van der Waals surface area (Å²) >= 11 is 0. The maximum atomic E-state index is 12.2. The second-order valence-corrected chi connectivity index (χ2v) is 8.95. The van der Waals surface area contributed by atoms with Crippen molar-refractivity contribution >= 4 is 23.5 Å². The van der Waals surface area contributed by atoms with Crippen molar-refractivity contribution < 1.29 is 14.6 Å². The number of aromatic nitrogens is 3. The van der Waals surface area contributed by atoms with E-state index in [2.05, 4.69) is 23.6 Å². The van der Waals surface area contributed by atoms with Crippen molar-refractivity contribution in [2.75, 3.05) is 19.4 Å². The van der Waals surface area contributed by atoms with Crippen LogP contribution in [-0.2, 0) is 29.0 Å². The molecule has 1 unspecified atom stereocenters. The number of anilines is 1. The van der Waals surface area contributed by atoms with Gasteiger partial charge in [0.25, 0.3) is 0 Å². The number of rotatable bonds is 9. The Labute approximate surface area is 211 Å². The first-order chi connectivity index (χ1) is 17.4. The number of carbonyl (C=O) groups excluding carboxylic acids is 1. The van der Waals surface area contributed by atoms with Gasteiger partial charge in [0.05, 0.1) is 31.1 Å². The van der Waals surface area contributed by atoms with Crippen LogP contribution in [0.2, 0.25) is 0 Å². The van der Waals surface area contributed by atoms with E-state index in [1.165, 1.54) is 6.08 Å². The summed E-state index contributed by atoms with van der Waals surface area (Å²) in [7, 11) is 1.69. The van der Waals surface area contributed by atoms with Crippen molar-refractivity contribution in [1.82, 2.24) is 19.7 Å². The van der Waals surface area contributed by atoms with Crippen LogP contribution < -0.4 is 11.5 Å². The summed E-state index contributed by atoms with van der Waals surface area (Å²) < 4.78 is 7.85. The number of nitrogens with two attached hydrogens (primary N) is 2. The molecule has 36 heavy (non-hydrogen) atoms. The second-order valence-electron chi connectivity index (χ2n) is 8.95. The number of methoxy groups -OCH3 is 1. The van der Waals surface area contributed by atoms with E-state index < -0.39 is 0 Å². The van der Waals surface area contributed by atoms with Crippen LogP contribution in [0.5, 0.6) is 5.75 Å². The predicted molar refractivity (Wildman–Crippen MR) is 141 cm³/mol. The number of para-hydroxylation sites is 1. The number of hydrogen-bond acceptors (Lipinski definition) is 6. The van der Waals surface area contributed by atoms with Crippen molar-refractivity contribution in [3.05, 3.63) is 76.8 Å². The minimum atomic E-state index is -0.202. The number of ether oxygens (including phenoxy) is 1. The number of benzene rings is 1. The van der Waals surface area contributed by atoms with E-state index in [0.29, 0.717) is 43.1 Å². The van der Waals surface area contributed by atoms with Gasteiger partial charge in [0.1, 0.15) is 11.6 Å². The molecule has 0 radical (unpaired) electrons. The molecule has 4 rings (SSSR count). The molecule has 1 atom stereocenters. The SMILES string of the molecule is C=CC(=O)N1CCn2ncc(Cc3[nH]c(N)c(/C=C(\N)c4ccccc4O)c3C(CCC)OC)c2C1. The third-order valence-electron chi connectivity index (χ3n) is 6.67. The van der Waals surface area contributed by atoms with Crippen LogP contribution in [-0.4, -0.2) is 44.3 Å². The number of aromatic amines is 1. The number of nitrogen functional groups attached to an aromatic ring is 1. The van der Waals surface area contributed by atoms with Gasteiger partial charge in [-0.1, -0.05) is 32.1 Å². The van der Waals surface area contributed by atoms with Crippen LogP contribution >= 0.6 is 0 Å². The van der Waals surface area contributed by atoms with Crippen molar-refractivity contribution in [2.45, 2.75) is 45.4 Å². The number of carbonyl (C=O) groups is 1. The fourth-order valence-corrected chi connectivity index (χ4v) is 4.82. The molecule has 0 spiro atoms. The van der Waals surface area contributed by atoms with Gasteiger partial charge < -0.3 is 31.2 Å². The highest BCUT2D eigenvalue weighted by Crippen LogP contribution is 2.36. The zero-order valence-corrected chi connectivity index (χ0v) is 20.8. The Balaban J connectivity index is 1.76. The summed E-state index contributed by atoms with van der Waals surface area (Å²) in [5.41, 5.74) is 18.4. The normalized spacial score (nSPS) is 14.5. The molecular formula is C27H34N6O3. The summed E-state index contributed by atoms with van der Waals surface area (Å²) in [5.74, 6) is 0.484. The molecule has 0 saturated carbocycles. The summed E-state index contributed by atoms with van der Waals surface area (Å²) in [6, 6.07) is 6.93. The molecule has 9 nitrogen and oxygen atoms in total. The van der Waals surface area contributed by atoms with Crippen molar-refractivity contribution in [3.63, 3.8) is 0 Å². The zero-order chi connectivity index (χ0) is 25.8. The topological polar surface area (TPSA) is 135 Å². The Kier molecular flexibility index (Phi) is 7.49. The van der Waals surface area contributed by atoms with E-state index in [1.54, 1.807) is 36.3 Å². The molecule has 0 aliphatic carbocycles. The largest absolute Gasteiger partial charge is 0.507 e. The minimum Gasteiger partial charge on any atom is -0.507 e. The molecule has 6 N–H and O–H groups in total. The summed E-state index contributed by atoms with van der Waals surface area (Å²) in [5, 5.41) is 14.8. The molecule has 190 valence electrons. The number of phenolic OH excluding ortho intramolecular Hbond substituents is 1. The smallest absolute Gasteiger partial charge is 0.246 e. The third-order valence-corrected chi connectivity index (χ3v) is 6.67. The molecule has 3 heterocycles. The average Bonchev–Trinajstić information content (AvgIpc) is 3.42. The maximum Gasteiger partial charge on any atom is 0.246 e. The molecule has 2 aromatic heterocycles. The van der Waals surface area contributed by atoms with Crippen molar-refractivity contribution in [3.8, 4) is 5.75 Å². The summed E-state index contributed by atoms with van der Waals surface area (Å²) in [6.45, 7) is 7.43. The first-order valence-corrected chi connectivity index (χ1v) is 12.1. The molecular weight excluding hydrogens is 456 g/mol. The third kappa shape index (κ3) is 4.87. The molecule has 0 bridgehead atoms. The van der Waals surface area contributed by atoms with E-state index in [-0.39, 0.29) is 17.8 Å². The average molecular weight is 491 g/mol. The van der Waals surface area contributed by atoms with Gasteiger partial charge >= 0.3 is 0 Å². The molecule has 3 aromatic rings. The van der Waals surface area contributed by atoms with Crippen LogP contribution in [0.3, 0.4) is 0 Å². The maximum absolute atomic E-state index is 12.2. The number of fused-ring (bicyclic) bond motifs is 1. The van der Waals surface area contributed by atoms with Gasteiger partial charge in [-0.2, -0.15) is 5.10 Å². The Morgan fingerprint density at radius 2 is 2.14 bits per heavy atom. The van der Waals surface area contributed by atoms with E-state index in [9.17, 15) is 9.90 Å². The number of H-pyrrole nitrogens is 1. The summed E-state index contributed by atoms with van der Waals surface area (Å²) in [6.07, 6.45) is 7.04. The monoisotopic (exact) mass is 490 g/mol. The molecule has 1 aliphatic rings. The molecule has 0 fully saturated rings. The first kappa shape index (κ1) is 25.1. The number of aromatic hydroxyl groups is 1. The Hall–Kier alpha value is -3.98. The van der Waals surface area contributed by atoms with Gasteiger partial charge in [0.2, 0.25) is 5.91 Å². The predicted octanol–water partition coefficient (Wildman–Crippen LogP) is 3.56.